The van der Waals surface area contributed by atoms with Crippen molar-refractivity contribution in [1.29, 1.82) is 0 Å². The van der Waals surface area contributed by atoms with Crippen molar-refractivity contribution >= 4 is 0 Å². The van der Waals surface area contributed by atoms with Gasteiger partial charge in [0.05, 0.1) is 12.3 Å². The van der Waals surface area contributed by atoms with Gasteiger partial charge in [0.15, 0.2) is 0 Å². The summed E-state index contributed by atoms with van der Waals surface area (Å²) < 4.78 is 0. The van der Waals surface area contributed by atoms with Crippen LogP contribution in [0.15, 0.2) is 0 Å². The van der Waals surface area contributed by atoms with Gasteiger partial charge in [0.2, 0.25) is 0 Å². The summed E-state index contributed by atoms with van der Waals surface area (Å²) in [5, 5.41) is 1.94. The Labute approximate surface area is 54.7 Å². The lowest BCUT2D eigenvalue weighted by Crippen LogP contribution is -2.46. The van der Waals surface area contributed by atoms with Crippen molar-refractivity contribution in [3.63, 3.8) is 0 Å². The molecule has 2 aliphatic heterocycles. The van der Waals surface area contributed by atoms with Gasteiger partial charge in [-0.05, 0) is 12.8 Å². The van der Waals surface area contributed by atoms with E-state index in [1.54, 1.807) is 0 Å². The molecule has 0 saturated carbocycles. The Balaban J connectivity index is 2.17. The van der Waals surface area contributed by atoms with Gasteiger partial charge in [-0.2, -0.15) is 5.06 Å². The Morgan fingerprint density at radius 1 is 1.44 bits per heavy atom. The van der Waals surface area contributed by atoms with E-state index >= 15 is 0 Å². The Kier molecular flexibility index (Phi) is 1.06. The molecule has 0 aromatic heterocycles. The molecule has 0 spiro atoms. The summed E-state index contributed by atoms with van der Waals surface area (Å²) in [5.74, 6) is 0. The monoisotopic (exact) mass is 128 g/mol. The van der Waals surface area contributed by atoms with Crippen LogP contribution in [-0.4, -0.2) is 23.9 Å². The second-order valence-corrected chi connectivity index (χ2v) is 2.89. The highest BCUT2D eigenvalue weighted by molar-refractivity contribution is 4.89. The highest BCUT2D eigenvalue weighted by Gasteiger charge is 2.42. The van der Waals surface area contributed by atoms with Crippen LogP contribution in [0.25, 0.3) is 0 Å². The lowest BCUT2D eigenvalue weighted by Gasteiger charge is -2.23. The van der Waals surface area contributed by atoms with E-state index in [-0.39, 0.29) is 5.66 Å². The molecule has 0 bridgehead atoms. The highest BCUT2D eigenvalue weighted by Crippen LogP contribution is 2.32. The van der Waals surface area contributed by atoms with Crippen molar-refractivity contribution in [2.24, 2.45) is 5.73 Å². The molecule has 52 valence electrons. The van der Waals surface area contributed by atoms with Crippen LogP contribution >= 0.6 is 0 Å². The van der Waals surface area contributed by atoms with Crippen LogP contribution in [0, 0.1) is 0 Å². The maximum atomic E-state index is 5.97. The summed E-state index contributed by atoms with van der Waals surface area (Å²) in [6.07, 6.45) is 3.30. The van der Waals surface area contributed by atoms with Crippen LogP contribution in [0.2, 0.25) is 0 Å². The summed E-state index contributed by atoms with van der Waals surface area (Å²) >= 11 is 0. The van der Waals surface area contributed by atoms with Crippen molar-refractivity contribution in [1.82, 2.24) is 5.06 Å². The van der Waals surface area contributed by atoms with Crippen molar-refractivity contribution < 1.29 is 4.84 Å². The first-order valence-electron chi connectivity index (χ1n) is 3.51. The van der Waals surface area contributed by atoms with Crippen LogP contribution < -0.4 is 5.73 Å². The van der Waals surface area contributed by atoms with Gasteiger partial charge in [-0.1, -0.05) is 0 Å². The molecule has 2 saturated heterocycles. The summed E-state index contributed by atoms with van der Waals surface area (Å²) in [6.45, 7) is 1.84. The third-order valence-electron chi connectivity index (χ3n) is 2.25. The Morgan fingerprint density at radius 3 is 3.11 bits per heavy atom. The molecule has 0 radical (unpaired) electrons. The minimum Gasteiger partial charge on any atom is -0.311 e. The molecule has 2 heterocycles. The Hall–Kier alpha value is -0.120. The molecule has 0 unspecified atom stereocenters. The summed E-state index contributed by atoms with van der Waals surface area (Å²) in [6, 6.07) is 0. The molecule has 0 aromatic carbocycles. The zero-order valence-electron chi connectivity index (χ0n) is 5.47. The molecule has 3 heteroatoms. The quantitative estimate of drug-likeness (QED) is 0.502. The topological polar surface area (TPSA) is 38.5 Å². The first-order chi connectivity index (χ1) is 4.31. The standard InChI is InChI=1S/C6H12N2O/c7-6-2-1-4-8(6)9-5-3-6/h1-5,7H2/t6-/m1/s1. The average molecular weight is 128 g/mol. The minimum absolute atomic E-state index is 0.0833. The van der Waals surface area contributed by atoms with E-state index < -0.39 is 0 Å². The molecule has 0 aromatic rings. The Morgan fingerprint density at radius 2 is 2.33 bits per heavy atom. The van der Waals surface area contributed by atoms with Crippen molar-refractivity contribution in [3.05, 3.63) is 0 Å². The third kappa shape index (κ3) is 0.689. The number of fused-ring (bicyclic) bond motifs is 1. The fraction of sp³-hybridized carbons (Fsp3) is 1.00. The second-order valence-electron chi connectivity index (χ2n) is 2.89. The van der Waals surface area contributed by atoms with Gasteiger partial charge in [-0.3, -0.25) is 4.84 Å². The predicted molar refractivity (Wildman–Crippen MR) is 33.4 cm³/mol. The van der Waals surface area contributed by atoms with Crippen molar-refractivity contribution in [2.45, 2.75) is 24.9 Å². The molecule has 2 rings (SSSR count). The van der Waals surface area contributed by atoms with Crippen LogP contribution in [0.4, 0.5) is 0 Å². The molecule has 9 heavy (non-hydrogen) atoms. The summed E-state index contributed by atoms with van der Waals surface area (Å²) in [4.78, 5) is 5.29. The van der Waals surface area contributed by atoms with Gasteiger partial charge < -0.3 is 5.73 Å². The van der Waals surface area contributed by atoms with Crippen molar-refractivity contribution in [3.8, 4) is 0 Å². The SMILES string of the molecule is N[C@]12CCCN1OCC2. The lowest BCUT2D eigenvalue weighted by molar-refractivity contribution is -0.140. The van der Waals surface area contributed by atoms with E-state index in [0.29, 0.717) is 0 Å². The maximum Gasteiger partial charge on any atom is 0.0951 e. The van der Waals surface area contributed by atoms with Gasteiger partial charge in [0.1, 0.15) is 0 Å². The number of hydrogen-bond donors (Lipinski definition) is 1. The number of hydrogen-bond acceptors (Lipinski definition) is 3. The third-order valence-corrected chi connectivity index (χ3v) is 2.25. The number of nitrogens with two attached hydrogens (primary N) is 1. The molecule has 1 atom stereocenters. The molecular formula is C6H12N2O. The molecule has 0 aliphatic carbocycles. The lowest BCUT2D eigenvalue weighted by atomic mass is 10.1. The van der Waals surface area contributed by atoms with E-state index in [1.165, 1.54) is 6.42 Å². The minimum atomic E-state index is -0.0833. The molecule has 3 nitrogen and oxygen atoms in total. The smallest absolute Gasteiger partial charge is 0.0951 e. The average Bonchev–Trinajstić information content (AvgIpc) is 2.22. The van der Waals surface area contributed by atoms with Crippen LogP contribution in [0.3, 0.4) is 0 Å². The van der Waals surface area contributed by atoms with Crippen LogP contribution in [0.1, 0.15) is 19.3 Å². The first-order valence-corrected chi connectivity index (χ1v) is 3.51. The zero-order chi connectivity index (χ0) is 6.32. The van der Waals surface area contributed by atoms with Crippen molar-refractivity contribution in [2.75, 3.05) is 13.2 Å². The molecule has 2 aliphatic rings. The summed E-state index contributed by atoms with van der Waals surface area (Å²) in [7, 11) is 0. The zero-order valence-corrected chi connectivity index (χ0v) is 5.47. The van der Waals surface area contributed by atoms with E-state index in [0.717, 1.165) is 26.0 Å². The molecule has 2 N–H and O–H groups in total. The largest absolute Gasteiger partial charge is 0.311 e. The number of hydroxylamine groups is 2. The van der Waals surface area contributed by atoms with Crippen LogP contribution in [-0.2, 0) is 4.84 Å². The number of rotatable bonds is 0. The first kappa shape index (κ1) is 5.65. The number of nitrogens with zero attached hydrogens (tertiary/aromatic N) is 1. The maximum absolute atomic E-state index is 5.97. The molecular weight excluding hydrogens is 116 g/mol. The van der Waals surface area contributed by atoms with E-state index in [1.807, 2.05) is 5.06 Å². The molecule has 2 fully saturated rings. The fourth-order valence-corrected chi connectivity index (χ4v) is 1.65. The van der Waals surface area contributed by atoms with Gasteiger partial charge >= 0.3 is 0 Å². The second kappa shape index (κ2) is 1.68. The van der Waals surface area contributed by atoms with E-state index in [4.69, 9.17) is 10.6 Å². The van der Waals surface area contributed by atoms with Gasteiger partial charge in [0.25, 0.3) is 0 Å². The van der Waals surface area contributed by atoms with Gasteiger partial charge in [-0.15, -0.1) is 0 Å². The van der Waals surface area contributed by atoms with E-state index in [2.05, 4.69) is 0 Å². The fourth-order valence-electron chi connectivity index (χ4n) is 1.65. The van der Waals surface area contributed by atoms with Gasteiger partial charge in [0, 0.05) is 13.0 Å². The molecule has 0 amide bonds. The highest BCUT2D eigenvalue weighted by atomic mass is 16.7. The summed E-state index contributed by atoms with van der Waals surface area (Å²) in [5.41, 5.74) is 5.88. The Bertz CT molecular complexity index is 116. The van der Waals surface area contributed by atoms with Crippen LogP contribution in [0.5, 0.6) is 0 Å². The predicted octanol–water partition coefficient (Wildman–Crippen LogP) is 0.0725. The van der Waals surface area contributed by atoms with E-state index in [9.17, 15) is 0 Å². The normalized spacial score (nSPS) is 43.7. The van der Waals surface area contributed by atoms with Gasteiger partial charge in [-0.25, -0.2) is 0 Å².